The molecule has 140 valence electrons. The maximum Gasteiger partial charge on any atom is 0.321 e. The van der Waals surface area contributed by atoms with Crippen LogP contribution in [0.3, 0.4) is 0 Å². The first kappa shape index (κ1) is 20.1. The van der Waals surface area contributed by atoms with E-state index in [0.29, 0.717) is 22.1 Å². The van der Waals surface area contributed by atoms with Crippen LogP contribution in [0, 0.1) is 9.87 Å². The van der Waals surface area contributed by atoms with Crippen LogP contribution in [-0.4, -0.2) is 34.7 Å². The standard InChI is InChI=1S/C17H23N5O2S2/c1-11(2)10-13(19-15(24)20-16-21-22-17(25)26-16)14(23)18-9-8-12-6-4-3-5-7-12/h3-7,11,13H,8-10H2,1-2H3,(H,18,23)(H,22,25)(H2,19,20,21,24). The molecule has 7 nitrogen and oxygen atoms in total. The molecule has 3 amide bonds. The topological polar surface area (TPSA) is 98.9 Å². The molecule has 1 aromatic carbocycles. The molecule has 0 saturated carbocycles. The number of aromatic nitrogens is 2. The van der Waals surface area contributed by atoms with Gasteiger partial charge in [-0.05, 0) is 36.5 Å². The fourth-order valence-corrected chi connectivity index (χ4v) is 3.16. The first-order valence-electron chi connectivity index (χ1n) is 8.38. The number of amides is 3. The van der Waals surface area contributed by atoms with E-state index in [1.807, 2.05) is 44.2 Å². The quantitative estimate of drug-likeness (QED) is 0.518. The Morgan fingerprint density at radius 1 is 1.27 bits per heavy atom. The van der Waals surface area contributed by atoms with Gasteiger partial charge in [-0.1, -0.05) is 55.5 Å². The maximum absolute atomic E-state index is 12.5. The Kier molecular flexibility index (Phi) is 7.73. The van der Waals surface area contributed by atoms with Crippen LogP contribution in [0.15, 0.2) is 30.3 Å². The van der Waals surface area contributed by atoms with Crippen molar-refractivity contribution in [2.75, 3.05) is 11.9 Å². The maximum atomic E-state index is 12.5. The average Bonchev–Trinajstić information content (AvgIpc) is 2.99. The Labute approximate surface area is 161 Å². The molecular weight excluding hydrogens is 370 g/mol. The fourth-order valence-electron chi connectivity index (χ4n) is 2.38. The number of carbonyl (C=O) groups excluding carboxylic acids is 2. The van der Waals surface area contributed by atoms with Crippen LogP contribution in [0.4, 0.5) is 9.93 Å². The molecule has 0 aliphatic heterocycles. The third-order valence-corrected chi connectivity index (χ3v) is 4.55. The van der Waals surface area contributed by atoms with Crippen LogP contribution in [0.1, 0.15) is 25.8 Å². The van der Waals surface area contributed by atoms with Gasteiger partial charge in [0.25, 0.3) is 0 Å². The zero-order chi connectivity index (χ0) is 18.9. The molecule has 0 bridgehead atoms. The Balaban J connectivity index is 1.87. The van der Waals surface area contributed by atoms with E-state index in [2.05, 4.69) is 26.1 Å². The van der Waals surface area contributed by atoms with Gasteiger partial charge in [-0.15, -0.1) is 5.10 Å². The number of nitrogens with zero attached hydrogens (tertiary/aromatic N) is 1. The number of rotatable bonds is 8. The van der Waals surface area contributed by atoms with Crippen molar-refractivity contribution >= 4 is 40.6 Å². The van der Waals surface area contributed by atoms with E-state index in [0.717, 1.165) is 23.3 Å². The molecule has 1 atom stereocenters. The summed E-state index contributed by atoms with van der Waals surface area (Å²) >= 11 is 6.08. The molecule has 0 aliphatic carbocycles. The minimum atomic E-state index is -0.613. The lowest BCUT2D eigenvalue weighted by Gasteiger charge is -2.20. The molecule has 4 N–H and O–H groups in total. The molecule has 0 fully saturated rings. The number of hydrogen-bond donors (Lipinski definition) is 4. The molecule has 0 aliphatic rings. The highest BCUT2D eigenvalue weighted by Crippen LogP contribution is 2.11. The van der Waals surface area contributed by atoms with Crippen LogP contribution in [0.5, 0.6) is 0 Å². The van der Waals surface area contributed by atoms with Gasteiger partial charge in [-0.2, -0.15) is 0 Å². The molecule has 0 saturated heterocycles. The largest absolute Gasteiger partial charge is 0.354 e. The van der Waals surface area contributed by atoms with Gasteiger partial charge in [0.05, 0.1) is 0 Å². The van der Waals surface area contributed by atoms with Crippen LogP contribution >= 0.6 is 23.6 Å². The van der Waals surface area contributed by atoms with Gasteiger partial charge in [0.1, 0.15) is 6.04 Å². The van der Waals surface area contributed by atoms with Gasteiger partial charge < -0.3 is 10.6 Å². The molecule has 0 radical (unpaired) electrons. The first-order chi connectivity index (χ1) is 12.4. The van der Waals surface area contributed by atoms with E-state index in [4.69, 9.17) is 12.2 Å². The SMILES string of the molecule is CC(C)CC(NC(=O)Nc1n[nH]c(=S)s1)C(=O)NCCc1ccccc1. The Morgan fingerprint density at radius 3 is 2.62 bits per heavy atom. The first-order valence-corrected chi connectivity index (χ1v) is 9.61. The Morgan fingerprint density at radius 2 is 2.00 bits per heavy atom. The van der Waals surface area contributed by atoms with E-state index >= 15 is 0 Å². The summed E-state index contributed by atoms with van der Waals surface area (Å²) in [5, 5.41) is 15.0. The van der Waals surface area contributed by atoms with Crippen molar-refractivity contribution in [3.8, 4) is 0 Å². The molecule has 26 heavy (non-hydrogen) atoms. The zero-order valence-corrected chi connectivity index (χ0v) is 16.4. The predicted octanol–water partition coefficient (Wildman–Crippen LogP) is 3.10. The number of hydrogen-bond acceptors (Lipinski definition) is 5. The van der Waals surface area contributed by atoms with Crippen molar-refractivity contribution < 1.29 is 9.59 Å². The summed E-state index contributed by atoms with van der Waals surface area (Å²) in [6.07, 6.45) is 1.28. The lowest BCUT2D eigenvalue weighted by molar-refractivity contribution is -0.123. The van der Waals surface area contributed by atoms with Crippen molar-refractivity contribution in [1.82, 2.24) is 20.8 Å². The highest BCUT2D eigenvalue weighted by atomic mass is 32.1. The van der Waals surface area contributed by atoms with E-state index in [1.54, 1.807) is 0 Å². The van der Waals surface area contributed by atoms with E-state index in [9.17, 15) is 9.59 Å². The molecule has 2 rings (SSSR count). The van der Waals surface area contributed by atoms with Gasteiger partial charge >= 0.3 is 6.03 Å². The van der Waals surface area contributed by atoms with Gasteiger partial charge in [0, 0.05) is 6.54 Å². The number of H-pyrrole nitrogens is 1. The third-order valence-electron chi connectivity index (χ3n) is 3.54. The molecule has 9 heteroatoms. The predicted molar refractivity (Wildman–Crippen MR) is 106 cm³/mol. The van der Waals surface area contributed by atoms with Crippen molar-refractivity contribution in [3.63, 3.8) is 0 Å². The second kappa shape index (κ2) is 10.0. The summed E-state index contributed by atoms with van der Waals surface area (Å²) in [5.41, 5.74) is 1.15. The van der Waals surface area contributed by atoms with Crippen molar-refractivity contribution in [2.24, 2.45) is 5.92 Å². The normalized spacial score (nSPS) is 11.8. The molecule has 1 aromatic heterocycles. The van der Waals surface area contributed by atoms with Crippen molar-refractivity contribution in [2.45, 2.75) is 32.7 Å². The van der Waals surface area contributed by atoms with Crippen molar-refractivity contribution in [1.29, 1.82) is 0 Å². The zero-order valence-electron chi connectivity index (χ0n) is 14.7. The third kappa shape index (κ3) is 6.93. The number of anilines is 1. The summed E-state index contributed by atoms with van der Waals surface area (Å²) in [6, 6.07) is 8.83. The van der Waals surface area contributed by atoms with Crippen LogP contribution in [0.2, 0.25) is 0 Å². The van der Waals surface area contributed by atoms with Gasteiger partial charge in [0.2, 0.25) is 11.0 Å². The summed E-state index contributed by atoms with van der Waals surface area (Å²) in [4.78, 5) is 24.6. The summed E-state index contributed by atoms with van der Waals surface area (Å²) in [6.45, 7) is 4.52. The molecule has 0 spiro atoms. The lowest BCUT2D eigenvalue weighted by atomic mass is 10.0. The van der Waals surface area contributed by atoms with Crippen LogP contribution < -0.4 is 16.0 Å². The summed E-state index contributed by atoms with van der Waals surface area (Å²) in [5.74, 6) is 0.0621. The highest BCUT2D eigenvalue weighted by Gasteiger charge is 2.22. The summed E-state index contributed by atoms with van der Waals surface area (Å²) < 4.78 is 0.470. The van der Waals surface area contributed by atoms with Gasteiger partial charge in [0.15, 0.2) is 3.95 Å². The average molecular weight is 394 g/mol. The smallest absolute Gasteiger partial charge is 0.321 e. The number of carbonyl (C=O) groups is 2. The fraction of sp³-hybridized carbons (Fsp3) is 0.412. The van der Waals surface area contributed by atoms with E-state index < -0.39 is 12.1 Å². The number of nitrogens with one attached hydrogen (secondary N) is 4. The number of urea groups is 1. The van der Waals surface area contributed by atoms with Crippen LogP contribution in [-0.2, 0) is 11.2 Å². The van der Waals surface area contributed by atoms with E-state index in [1.165, 1.54) is 0 Å². The Bertz CT molecular complexity index is 773. The second-order valence-electron chi connectivity index (χ2n) is 6.23. The molecule has 1 heterocycles. The van der Waals surface area contributed by atoms with Gasteiger partial charge in [-0.25, -0.2) is 4.79 Å². The lowest BCUT2D eigenvalue weighted by Crippen LogP contribution is -2.49. The van der Waals surface area contributed by atoms with Gasteiger partial charge in [-0.3, -0.25) is 15.2 Å². The number of aromatic amines is 1. The minimum absolute atomic E-state index is 0.195. The summed E-state index contributed by atoms with van der Waals surface area (Å²) in [7, 11) is 0. The molecule has 2 aromatic rings. The second-order valence-corrected chi connectivity index (χ2v) is 7.89. The van der Waals surface area contributed by atoms with E-state index in [-0.39, 0.29) is 11.8 Å². The minimum Gasteiger partial charge on any atom is -0.354 e. The monoisotopic (exact) mass is 393 g/mol. The Hall–Kier alpha value is -2.26. The molecule has 1 unspecified atom stereocenters. The number of benzene rings is 1. The van der Waals surface area contributed by atoms with Crippen LogP contribution in [0.25, 0.3) is 0 Å². The van der Waals surface area contributed by atoms with Crippen molar-refractivity contribution in [3.05, 3.63) is 39.8 Å². The highest BCUT2D eigenvalue weighted by molar-refractivity contribution is 7.73. The molecular formula is C17H23N5O2S2.